The van der Waals surface area contributed by atoms with Crippen LogP contribution in [0.15, 0.2) is 0 Å². The summed E-state index contributed by atoms with van der Waals surface area (Å²) in [7, 11) is 0. The molecule has 2 N–H and O–H groups in total. The van der Waals surface area contributed by atoms with Crippen LogP contribution in [-0.4, -0.2) is 46.6 Å². The van der Waals surface area contributed by atoms with Crippen LogP contribution in [0.5, 0.6) is 0 Å². The van der Waals surface area contributed by atoms with Crippen molar-refractivity contribution in [3.05, 3.63) is 0 Å². The third-order valence-corrected chi connectivity index (χ3v) is 4.86. The molecule has 0 unspecified atom stereocenters. The van der Waals surface area contributed by atoms with Crippen LogP contribution < -0.4 is 5.73 Å². The molecule has 0 aromatic rings. The van der Waals surface area contributed by atoms with Gasteiger partial charge in [-0.25, -0.2) is 9.59 Å². The number of carbonyl (C=O) groups is 2. The van der Waals surface area contributed by atoms with E-state index in [0.717, 1.165) is 17.9 Å². The molecule has 0 radical (unpaired) electrons. The molecule has 0 saturated carbocycles. The summed E-state index contributed by atoms with van der Waals surface area (Å²) in [6.45, 7) is 1.85. The zero-order valence-electron chi connectivity index (χ0n) is 9.59. The minimum absolute atomic E-state index is 0.0813. The summed E-state index contributed by atoms with van der Waals surface area (Å²) in [5.74, 6) is 1.95. The van der Waals surface area contributed by atoms with Crippen LogP contribution in [-0.2, 0) is 9.47 Å². The van der Waals surface area contributed by atoms with E-state index in [2.05, 4.69) is 4.74 Å². The van der Waals surface area contributed by atoms with Crippen LogP contribution in [0.2, 0.25) is 0 Å². The van der Waals surface area contributed by atoms with Crippen LogP contribution >= 0.6 is 23.5 Å². The lowest BCUT2D eigenvalue weighted by Gasteiger charge is -2.31. The highest BCUT2D eigenvalue weighted by molar-refractivity contribution is 8.17. The van der Waals surface area contributed by atoms with Crippen molar-refractivity contribution in [3.63, 3.8) is 0 Å². The number of ether oxygens (including phenoxy) is 2. The summed E-state index contributed by atoms with van der Waals surface area (Å²) in [6, 6.07) is 0. The average molecular weight is 280 g/mol. The van der Waals surface area contributed by atoms with Gasteiger partial charge in [0.05, 0.1) is 6.61 Å². The molecule has 1 aliphatic rings. The molecule has 1 aliphatic heterocycles. The molecule has 0 bridgehead atoms. The lowest BCUT2D eigenvalue weighted by Crippen LogP contribution is -2.41. The standard InChI is InChI=1S/C9H16N2O4S2/c1-2-14-8(13)11(6-15-7(10)12)9-16-4-3-5-17-9/h9H,2-6H2,1H3,(H2,10,12). The summed E-state index contributed by atoms with van der Waals surface area (Å²) in [6.07, 6.45) is -0.273. The van der Waals surface area contributed by atoms with Crippen LogP contribution in [0.3, 0.4) is 0 Å². The minimum Gasteiger partial charge on any atom is -0.450 e. The lowest BCUT2D eigenvalue weighted by atomic mass is 10.6. The molecule has 1 saturated heterocycles. The summed E-state index contributed by atoms with van der Waals surface area (Å²) >= 11 is 3.27. The molecule has 0 aliphatic carbocycles. The Kier molecular flexibility index (Phi) is 6.35. The number of amides is 2. The van der Waals surface area contributed by atoms with Gasteiger partial charge < -0.3 is 15.2 Å². The second-order valence-corrected chi connectivity index (χ2v) is 5.84. The van der Waals surface area contributed by atoms with E-state index in [0.29, 0.717) is 0 Å². The fraction of sp³-hybridized carbons (Fsp3) is 0.778. The highest BCUT2D eigenvalue weighted by Crippen LogP contribution is 2.33. The maximum atomic E-state index is 11.7. The van der Waals surface area contributed by atoms with Crippen molar-refractivity contribution in [1.82, 2.24) is 4.90 Å². The number of hydrogen-bond acceptors (Lipinski definition) is 6. The third-order valence-electron chi connectivity index (χ3n) is 1.91. The monoisotopic (exact) mass is 280 g/mol. The van der Waals surface area contributed by atoms with Crippen molar-refractivity contribution in [2.75, 3.05) is 24.8 Å². The molecule has 8 heteroatoms. The molecular weight excluding hydrogens is 264 g/mol. The zero-order chi connectivity index (χ0) is 12.7. The van der Waals surface area contributed by atoms with Gasteiger partial charge in [-0.1, -0.05) is 0 Å². The first-order valence-corrected chi connectivity index (χ1v) is 7.33. The average Bonchev–Trinajstić information content (AvgIpc) is 2.30. The Labute approximate surface area is 109 Å². The first kappa shape index (κ1) is 14.3. The molecule has 6 nitrogen and oxygen atoms in total. The number of nitrogens with zero attached hydrogens (tertiary/aromatic N) is 1. The molecule has 1 heterocycles. The second kappa shape index (κ2) is 7.54. The molecule has 1 rings (SSSR count). The van der Waals surface area contributed by atoms with E-state index < -0.39 is 12.2 Å². The molecule has 17 heavy (non-hydrogen) atoms. The van der Waals surface area contributed by atoms with Crippen LogP contribution in [0.4, 0.5) is 9.59 Å². The van der Waals surface area contributed by atoms with Crippen molar-refractivity contribution < 1.29 is 19.1 Å². The molecule has 0 aromatic heterocycles. The van der Waals surface area contributed by atoms with Gasteiger partial charge in [-0.3, -0.25) is 4.90 Å². The number of hydrogen-bond donors (Lipinski definition) is 1. The van der Waals surface area contributed by atoms with E-state index in [4.69, 9.17) is 10.5 Å². The molecular formula is C9H16N2O4S2. The van der Waals surface area contributed by atoms with Gasteiger partial charge in [0.1, 0.15) is 4.71 Å². The first-order valence-electron chi connectivity index (χ1n) is 5.24. The third kappa shape index (κ3) is 4.95. The minimum atomic E-state index is -0.898. The maximum Gasteiger partial charge on any atom is 0.414 e. The van der Waals surface area contributed by atoms with Gasteiger partial charge in [-0.15, -0.1) is 23.5 Å². The molecule has 98 valence electrons. The van der Waals surface area contributed by atoms with Crippen molar-refractivity contribution in [1.29, 1.82) is 0 Å². The summed E-state index contributed by atoms with van der Waals surface area (Å²) in [5.41, 5.74) is 4.89. The van der Waals surface area contributed by atoms with Gasteiger partial charge in [-0.05, 0) is 24.9 Å². The highest BCUT2D eigenvalue weighted by atomic mass is 32.2. The van der Waals surface area contributed by atoms with Crippen molar-refractivity contribution in [3.8, 4) is 0 Å². The molecule has 1 fully saturated rings. The Hall–Kier alpha value is -0.760. The molecule has 0 aromatic carbocycles. The largest absolute Gasteiger partial charge is 0.450 e. The van der Waals surface area contributed by atoms with E-state index in [1.807, 2.05) is 0 Å². The zero-order valence-corrected chi connectivity index (χ0v) is 11.2. The fourth-order valence-electron chi connectivity index (χ4n) is 1.19. The normalized spacial score (nSPS) is 16.3. The molecule has 0 spiro atoms. The van der Waals surface area contributed by atoms with Gasteiger partial charge in [-0.2, -0.15) is 0 Å². The second-order valence-electron chi connectivity index (χ2n) is 3.16. The smallest absolute Gasteiger partial charge is 0.414 e. The predicted octanol–water partition coefficient (Wildman–Crippen LogP) is 1.65. The fourth-order valence-corrected chi connectivity index (χ4v) is 4.02. The van der Waals surface area contributed by atoms with Crippen LogP contribution in [0, 0.1) is 0 Å². The number of nitrogens with two attached hydrogens (primary N) is 1. The van der Waals surface area contributed by atoms with Gasteiger partial charge in [0.2, 0.25) is 0 Å². The van der Waals surface area contributed by atoms with E-state index in [1.165, 1.54) is 4.90 Å². The Morgan fingerprint density at radius 3 is 2.53 bits per heavy atom. The summed E-state index contributed by atoms with van der Waals surface area (Å²) < 4.78 is 9.50. The molecule has 2 amide bonds. The van der Waals surface area contributed by atoms with Crippen LogP contribution in [0.1, 0.15) is 13.3 Å². The number of primary amides is 1. The van der Waals surface area contributed by atoms with Gasteiger partial charge in [0, 0.05) is 0 Å². The predicted molar refractivity (Wildman–Crippen MR) is 67.7 cm³/mol. The molecule has 0 atom stereocenters. The van der Waals surface area contributed by atoms with Crippen molar-refractivity contribution in [2.45, 2.75) is 18.1 Å². The van der Waals surface area contributed by atoms with Crippen molar-refractivity contribution in [2.24, 2.45) is 5.73 Å². The van der Waals surface area contributed by atoms with Crippen molar-refractivity contribution >= 4 is 35.7 Å². The number of rotatable bonds is 4. The maximum absolute atomic E-state index is 11.7. The first-order chi connectivity index (χ1) is 8.15. The Morgan fingerprint density at radius 1 is 1.35 bits per heavy atom. The summed E-state index contributed by atoms with van der Waals surface area (Å²) in [5, 5.41) is 0. The highest BCUT2D eigenvalue weighted by Gasteiger charge is 2.28. The number of carbonyl (C=O) groups excluding carboxylic acids is 2. The topological polar surface area (TPSA) is 81.9 Å². The van der Waals surface area contributed by atoms with E-state index in [9.17, 15) is 9.59 Å². The quantitative estimate of drug-likeness (QED) is 0.789. The van der Waals surface area contributed by atoms with Crippen LogP contribution in [0.25, 0.3) is 0 Å². The van der Waals surface area contributed by atoms with Gasteiger partial charge in [0.25, 0.3) is 0 Å². The summed E-state index contributed by atoms with van der Waals surface area (Å²) in [4.78, 5) is 23.7. The van der Waals surface area contributed by atoms with Gasteiger partial charge >= 0.3 is 12.2 Å². The SMILES string of the molecule is CCOC(=O)N(COC(N)=O)C1SCCCS1. The Balaban J connectivity index is 2.56. The van der Waals surface area contributed by atoms with E-state index in [-0.39, 0.29) is 18.0 Å². The lowest BCUT2D eigenvalue weighted by molar-refractivity contribution is 0.0581. The van der Waals surface area contributed by atoms with E-state index in [1.54, 1.807) is 30.4 Å². The Morgan fingerprint density at radius 2 is 2.00 bits per heavy atom. The number of thioether (sulfide) groups is 2. The van der Waals surface area contributed by atoms with Gasteiger partial charge in [0.15, 0.2) is 6.73 Å². The Bertz CT molecular complexity index is 272. The van der Waals surface area contributed by atoms with E-state index >= 15 is 0 Å².